The van der Waals surface area contributed by atoms with Gasteiger partial charge in [0, 0.05) is 97.7 Å². The Kier molecular flexibility index (Phi) is 23.8. The van der Waals surface area contributed by atoms with E-state index in [1.807, 2.05) is 0 Å². The van der Waals surface area contributed by atoms with Crippen LogP contribution in [0.3, 0.4) is 0 Å². The molecule has 0 N–H and O–H groups in total. The standard InChI is InChI=1S/C19H13F3N4O.C18H10F4N4.C17H8ClF3N4.2C17H9ClF2N4/c1-27-15-9-16(12-5-6-26-17(8-12)24-11-25-26)18(23-10-15)13-3-2-4-14(7-13)19(20,21)22;19-14-8-15(11-4-5-26-16(7-11)24-10-25-26)17(23-9-14)12-2-1-3-13(6-12)18(20,21)22;18-13-5-12(14(20)6-15(13)21)17-11(4-10(19)7-22-17)9-1-2-25-16(3-9)23-8-24-25;18-14-5-11(1-2-15(14)20)17-13(7-12(19)8-21-17)10-3-4-24-16(6-10)22-9-23-24;18-11-1-2-15(20)14(6-11)17-13(7-12(19)8-21-17)10-3-4-24-16(5-10)22-9-23-24/h2-11H,1H3;1-10H;1-8H;2*1-9H. The Morgan fingerprint density at radius 3 is 0.960 bits per heavy atom. The summed E-state index contributed by atoms with van der Waals surface area (Å²) in [5, 5.41) is 20.2. The molecule has 0 saturated carbocycles. The summed E-state index contributed by atoms with van der Waals surface area (Å²) in [6, 6.07) is 44.3. The molecule has 0 aliphatic heterocycles. The van der Waals surface area contributed by atoms with Crippen LogP contribution in [0.5, 0.6) is 5.75 Å². The lowest BCUT2D eigenvalue weighted by Crippen LogP contribution is -2.04. The number of halogens is 17. The fourth-order valence-electron chi connectivity index (χ4n) is 13.2. The van der Waals surface area contributed by atoms with E-state index in [0.717, 1.165) is 66.2 Å². The quantitative estimate of drug-likeness (QED) is 0.0867. The first-order chi connectivity index (χ1) is 60.6. The molecule has 20 aromatic rings. The van der Waals surface area contributed by atoms with E-state index < -0.39 is 70.0 Å². The van der Waals surface area contributed by atoms with Gasteiger partial charge in [-0.2, -0.15) is 51.8 Å². The zero-order valence-corrected chi connectivity index (χ0v) is 66.1. The van der Waals surface area contributed by atoms with Crippen LogP contribution in [-0.4, -0.2) is 105 Å². The second-order valence-corrected chi connectivity index (χ2v) is 28.3. The molecule has 20 rings (SSSR count). The molecule has 0 unspecified atom stereocenters. The summed E-state index contributed by atoms with van der Waals surface area (Å²) < 4.78 is 202. The molecule has 0 amide bonds. The fourth-order valence-corrected chi connectivity index (χ4v) is 13.7. The molecule has 126 heavy (non-hydrogen) atoms. The van der Waals surface area contributed by atoms with E-state index in [-0.39, 0.29) is 38.1 Å². The molecule has 5 aromatic carbocycles. The van der Waals surface area contributed by atoms with Gasteiger partial charge in [0.1, 0.15) is 83.9 Å². The molecule has 38 heteroatoms. The summed E-state index contributed by atoms with van der Waals surface area (Å²) in [5.41, 5.74) is 9.98. The number of alkyl halides is 6. The van der Waals surface area contributed by atoms with Crippen molar-refractivity contribution < 1.29 is 66.2 Å². The van der Waals surface area contributed by atoms with Crippen molar-refractivity contribution in [3.63, 3.8) is 0 Å². The average molecular weight is 1770 g/mol. The fraction of sp³-hybridized carbons (Fsp3) is 0.0341. The van der Waals surface area contributed by atoms with Gasteiger partial charge in [-0.05, 0) is 186 Å². The Morgan fingerprint density at radius 2 is 0.595 bits per heavy atom. The van der Waals surface area contributed by atoms with Crippen molar-refractivity contribution in [3.05, 3.63) is 354 Å². The number of methoxy groups -OCH3 is 1. The molecular weight excluding hydrogens is 1730 g/mol. The van der Waals surface area contributed by atoms with Crippen LogP contribution in [0.2, 0.25) is 15.1 Å². The van der Waals surface area contributed by atoms with Crippen LogP contribution in [0.15, 0.2) is 282 Å². The minimum Gasteiger partial charge on any atom is -0.495 e. The summed E-state index contributed by atoms with van der Waals surface area (Å²) in [7, 11) is 1.51. The molecule has 0 radical (unpaired) electrons. The second-order valence-electron chi connectivity index (χ2n) is 27.0. The highest BCUT2D eigenvalue weighted by atomic mass is 35.5. The molecule has 0 bridgehead atoms. The van der Waals surface area contributed by atoms with Gasteiger partial charge in [0.05, 0.1) is 87.7 Å². The monoisotopic (exact) mass is 1770 g/mol. The lowest BCUT2D eigenvalue weighted by Gasteiger charge is -2.13. The molecule has 0 spiro atoms. The van der Waals surface area contributed by atoms with E-state index >= 15 is 0 Å². The highest BCUT2D eigenvalue weighted by Gasteiger charge is 2.33. The van der Waals surface area contributed by atoms with Crippen molar-refractivity contribution in [2.75, 3.05) is 7.11 Å². The third kappa shape index (κ3) is 18.5. The van der Waals surface area contributed by atoms with Crippen LogP contribution >= 0.6 is 34.8 Å². The minimum absolute atomic E-state index is 0.0162. The van der Waals surface area contributed by atoms with E-state index in [0.29, 0.717) is 118 Å². The Bertz CT molecular complexity index is 7490. The first-order valence-corrected chi connectivity index (χ1v) is 37.8. The third-order valence-corrected chi connectivity index (χ3v) is 19.9. The predicted octanol–water partition coefficient (Wildman–Crippen LogP) is 22.4. The molecule has 0 atom stereocenters. The maximum absolute atomic E-state index is 14.3. The van der Waals surface area contributed by atoms with Crippen LogP contribution in [0.1, 0.15) is 11.1 Å². The molecule has 0 saturated heterocycles. The lowest BCUT2D eigenvalue weighted by atomic mass is 9.98. The van der Waals surface area contributed by atoms with E-state index in [9.17, 15) is 61.5 Å². The molecule has 15 aromatic heterocycles. The van der Waals surface area contributed by atoms with E-state index in [1.54, 1.807) is 123 Å². The number of ether oxygens (including phenoxy) is 1. The SMILES string of the molecule is COc1cnc(-c2cccc(C(F)(F)F)c2)c(-c2ccn3ncnc3c2)c1.Fc1cnc(-c2cc(Cl)c(F)cc2F)c(-c2ccn3ncnc3c2)c1.Fc1cnc(-c2cc(Cl)ccc2F)c(-c2ccn3ncnc3c2)c1.Fc1cnc(-c2ccc(F)c(Cl)c2)c(-c2ccn3ncnc3c2)c1.Fc1cnc(-c2cccc(C(F)(F)F)c2)c(-c2ccn3ncnc3c2)c1. The minimum atomic E-state index is -4.48. The number of benzene rings is 5. The van der Waals surface area contributed by atoms with Gasteiger partial charge >= 0.3 is 12.4 Å². The van der Waals surface area contributed by atoms with Crippen molar-refractivity contribution in [1.82, 2.24) is 97.9 Å². The van der Waals surface area contributed by atoms with Gasteiger partial charge in [0.2, 0.25) is 0 Å². The van der Waals surface area contributed by atoms with E-state index in [4.69, 9.17) is 39.5 Å². The molecule has 21 nitrogen and oxygen atoms in total. The van der Waals surface area contributed by atoms with Gasteiger partial charge in [-0.1, -0.05) is 59.1 Å². The van der Waals surface area contributed by atoms with Gasteiger partial charge in [-0.15, -0.1) is 0 Å². The Morgan fingerprint density at radius 1 is 0.270 bits per heavy atom. The number of hydrogen-bond acceptors (Lipinski definition) is 16. The summed E-state index contributed by atoms with van der Waals surface area (Å²) in [4.78, 5) is 41.1. The van der Waals surface area contributed by atoms with Crippen molar-refractivity contribution in [2.24, 2.45) is 0 Å². The van der Waals surface area contributed by atoms with Gasteiger partial charge in [0.15, 0.2) is 28.2 Å². The summed E-state index contributed by atoms with van der Waals surface area (Å²) in [6.45, 7) is 0. The molecule has 15 heterocycles. The predicted molar refractivity (Wildman–Crippen MR) is 440 cm³/mol. The molecule has 626 valence electrons. The van der Waals surface area contributed by atoms with Crippen LogP contribution in [-0.2, 0) is 12.4 Å². The number of aromatic nitrogens is 20. The molecular formula is C88H49Cl3F14N20O. The van der Waals surface area contributed by atoms with Gasteiger partial charge in [0.25, 0.3) is 0 Å². The lowest BCUT2D eigenvalue weighted by molar-refractivity contribution is -0.138. The highest BCUT2D eigenvalue weighted by molar-refractivity contribution is 6.31. The number of hydrogen-bond donors (Lipinski definition) is 0. The van der Waals surface area contributed by atoms with Gasteiger partial charge in [-0.3, -0.25) is 24.9 Å². The Balaban J connectivity index is 0.000000116. The van der Waals surface area contributed by atoms with E-state index in [2.05, 4.69) is 75.3 Å². The summed E-state index contributed by atoms with van der Waals surface area (Å²) in [5.74, 6) is -4.38. The van der Waals surface area contributed by atoms with E-state index in [1.165, 1.54) is 127 Å². The topological polar surface area (TPSA) is 225 Å². The number of pyridine rings is 10. The van der Waals surface area contributed by atoms with Crippen LogP contribution in [0, 0.1) is 46.5 Å². The zero-order chi connectivity index (χ0) is 88.2. The maximum Gasteiger partial charge on any atom is 0.416 e. The summed E-state index contributed by atoms with van der Waals surface area (Å²) in [6.07, 6.45) is 12.1. The van der Waals surface area contributed by atoms with Crippen LogP contribution in [0.4, 0.5) is 61.5 Å². The number of nitrogens with zero attached hydrogens (tertiary/aromatic N) is 20. The van der Waals surface area contributed by atoms with Crippen LogP contribution in [0.25, 0.3) is 140 Å². The maximum atomic E-state index is 14.3. The highest BCUT2D eigenvalue weighted by Crippen LogP contribution is 2.42. The van der Waals surface area contributed by atoms with Gasteiger partial charge in [-0.25, -0.2) is 82.6 Å². The zero-order valence-electron chi connectivity index (χ0n) is 63.8. The second kappa shape index (κ2) is 35.6. The van der Waals surface area contributed by atoms with Crippen molar-refractivity contribution in [3.8, 4) is 118 Å². The Hall–Kier alpha value is -15.4. The van der Waals surface area contributed by atoms with Crippen molar-refractivity contribution in [1.29, 1.82) is 0 Å². The van der Waals surface area contributed by atoms with Crippen molar-refractivity contribution in [2.45, 2.75) is 12.4 Å². The third-order valence-electron chi connectivity index (χ3n) is 19.0. The molecule has 0 aliphatic carbocycles. The van der Waals surface area contributed by atoms with Crippen LogP contribution < -0.4 is 4.74 Å². The Labute approximate surface area is 714 Å². The largest absolute Gasteiger partial charge is 0.495 e. The number of fused-ring (bicyclic) bond motifs is 5. The molecule has 0 aliphatic rings. The van der Waals surface area contributed by atoms with Crippen molar-refractivity contribution >= 4 is 63.0 Å². The summed E-state index contributed by atoms with van der Waals surface area (Å²) >= 11 is 17.6. The normalized spacial score (nSPS) is 11.4. The number of rotatable bonds is 11. The molecule has 0 fully saturated rings. The first kappa shape index (κ1) is 84.3. The first-order valence-electron chi connectivity index (χ1n) is 36.7. The smallest absolute Gasteiger partial charge is 0.416 e. The average Bonchev–Trinajstić information content (AvgIpc) is 1.05. The van der Waals surface area contributed by atoms with Gasteiger partial charge < -0.3 is 4.74 Å².